The van der Waals surface area contributed by atoms with Crippen LogP contribution in [0.2, 0.25) is 5.02 Å². The summed E-state index contributed by atoms with van der Waals surface area (Å²) in [5, 5.41) is 7.65. The number of hydrogen-bond donors (Lipinski definition) is 2. The van der Waals surface area contributed by atoms with Crippen LogP contribution >= 0.6 is 11.6 Å². The molecule has 1 heterocycles. The van der Waals surface area contributed by atoms with Gasteiger partial charge in [-0.15, -0.1) is 5.10 Å². The Morgan fingerprint density at radius 3 is 2.54 bits per heavy atom. The number of carbonyl (C=O) groups is 2. The van der Waals surface area contributed by atoms with Crippen molar-refractivity contribution < 1.29 is 27.1 Å². The lowest BCUT2D eigenvalue weighted by Crippen LogP contribution is -2.31. The number of anilines is 1. The summed E-state index contributed by atoms with van der Waals surface area (Å²) in [7, 11) is -4.33. The van der Waals surface area contributed by atoms with Crippen molar-refractivity contribution in [1.82, 2.24) is 19.1 Å². The van der Waals surface area contributed by atoms with Gasteiger partial charge in [0.05, 0.1) is 28.8 Å². The van der Waals surface area contributed by atoms with Crippen LogP contribution in [0.4, 0.5) is 14.9 Å². The van der Waals surface area contributed by atoms with Gasteiger partial charge in [0.15, 0.2) is 0 Å². The molecule has 1 saturated carbocycles. The third kappa shape index (κ3) is 7.31. The summed E-state index contributed by atoms with van der Waals surface area (Å²) in [5.74, 6) is -0.349. The first-order valence-corrected chi connectivity index (χ1v) is 16.8. The molecule has 46 heavy (non-hydrogen) atoms. The molecule has 0 bridgehead atoms. The monoisotopic (exact) mass is 669 g/mol. The SMILES string of the molecule is CCCCc1nn(-c2cc(NC(=O)C3CC3)ccc2Cl)c(=O)n1Cc1ccc(-c2ccccc2S(=O)(=O)NC(=O)OCC)cc1F. The Kier molecular flexibility index (Phi) is 9.92. The van der Waals surface area contributed by atoms with Crippen LogP contribution in [-0.2, 0) is 32.5 Å². The molecule has 2 N–H and O–H groups in total. The van der Waals surface area contributed by atoms with Crippen molar-refractivity contribution in [3.63, 3.8) is 0 Å². The minimum absolute atomic E-state index is 0.0119. The Balaban J connectivity index is 1.47. The molecule has 0 unspecified atom stereocenters. The second-order valence-corrected chi connectivity index (χ2v) is 12.9. The van der Waals surface area contributed by atoms with Gasteiger partial charge in [-0.3, -0.25) is 9.36 Å². The number of aryl methyl sites for hydroxylation is 1. The second-order valence-electron chi connectivity index (χ2n) is 10.9. The third-order valence-corrected chi connectivity index (χ3v) is 9.14. The van der Waals surface area contributed by atoms with E-state index in [-0.39, 0.29) is 57.3 Å². The Labute approximate surface area is 270 Å². The molecular weight excluding hydrogens is 637 g/mol. The largest absolute Gasteiger partial charge is 0.449 e. The zero-order valence-corrected chi connectivity index (χ0v) is 26.8. The number of rotatable bonds is 12. The number of unbranched alkanes of at least 4 members (excludes halogenated alkanes) is 1. The maximum atomic E-state index is 15.7. The molecule has 1 aromatic heterocycles. The van der Waals surface area contributed by atoms with Crippen molar-refractivity contribution in [2.45, 2.75) is 57.4 Å². The van der Waals surface area contributed by atoms with E-state index in [4.69, 9.17) is 16.3 Å². The molecule has 242 valence electrons. The van der Waals surface area contributed by atoms with Crippen LogP contribution in [0.1, 0.15) is 50.9 Å². The summed E-state index contributed by atoms with van der Waals surface area (Å²) in [6.07, 6.45) is 2.57. The van der Waals surface area contributed by atoms with Crippen molar-refractivity contribution in [3.05, 3.63) is 93.4 Å². The Morgan fingerprint density at radius 1 is 1.09 bits per heavy atom. The van der Waals surface area contributed by atoms with Gasteiger partial charge < -0.3 is 10.1 Å². The van der Waals surface area contributed by atoms with Crippen LogP contribution < -0.4 is 15.7 Å². The first-order chi connectivity index (χ1) is 22.0. The molecule has 0 aliphatic heterocycles. The van der Waals surface area contributed by atoms with E-state index < -0.39 is 27.6 Å². The van der Waals surface area contributed by atoms with Crippen molar-refractivity contribution in [2.24, 2.45) is 5.92 Å². The third-order valence-electron chi connectivity index (χ3n) is 7.45. The first-order valence-electron chi connectivity index (χ1n) is 14.9. The average Bonchev–Trinajstić information content (AvgIpc) is 3.83. The van der Waals surface area contributed by atoms with Crippen molar-refractivity contribution in [2.75, 3.05) is 11.9 Å². The van der Waals surface area contributed by atoms with E-state index in [2.05, 4.69) is 10.4 Å². The number of sulfonamides is 1. The Hall–Kier alpha value is -4.49. The second kappa shape index (κ2) is 13.9. The number of halogens is 2. The molecule has 14 heteroatoms. The number of amides is 2. The fourth-order valence-corrected chi connectivity index (χ4v) is 6.21. The van der Waals surface area contributed by atoms with Crippen LogP contribution in [0.15, 0.2) is 70.4 Å². The Bertz CT molecular complexity index is 1950. The summed E-state index contributed by atoms with van der Waals surface area (Å²) in [6.45, 7) is 3.38. The minimum Gasteiger partial charge on any atom is -0.449 e. The van der Waals surface area contributed by atoms with Gasteiger partial charge in [-0.25, -0.2) is 27.1 Å². The van der Waals surface area contributed by atoms with Crippen molar-refractivity contribution in [3.8, 4) is 16.8 Å². The lowest BCUT2D eigenvalue weighted by atomic mass is 10.0. The first kappa shape index (κ1) is 32.9. The molecule has 0 saturated heterocycles. The number of carbonyl (C=O) groups excluding carboxylic acids is 2. The van der Waals surface area contributed by atoms with Crippen LogP contribution in [-0.4, -0.2) is 41.4 Å². The van der Waals surface area contributed by atoms with Gasteiger partial charge in [0.25, 0.3) is 10.0 Å². The van der Waals surface area contributed by atoms with E-state index in [1.807, 2.05) is 11.6 Å². The molecule has 11 nitrogen and oxygen atoms in total. The topological polar surface area (TPSA) is 141 Å². The predicted octanol–water partition coefficient (Wildman–Crippen LogP) is 5.67. The fourth-order valence-electron chi connectivity index (χ4n) is 4.89. The highest BCUT2D eigenvalue weighted by Crippen LogP contribution is 2.32. The molecule has 0 atom stereocenters. The molecule has 4 aromatic rings. The quantitative estimate of drug-likeness (QED) is 0.198. The standard InChI is InChI=1S/C32H33ClFN5O6S/c1-3-5-10-29-36-39(27-18-23(15-16-25(27)33)35-30(40)20-11-12-20)32(42)38(29)19-22-14-13-21(17-26(22)34)24-8-6-7-9-28(24)46(43,44)37-31(41)45-4-2/h6-9,13-18,20H,3-5,10-12,19H2,1-2H3,(H,35,40)(H,37,41). The number of hydrogen-bond acceptors (Lipinski definition) is 7. The lowest BCUT2D eigenvalue weighted by Gasteiger charge is -2.13. The smallest absolute Gasteiger partial charge is 0.421 e. The molecular formula is C32H33ClFN5O6S. The average molecular weight is 670 g/mol. The van der Waals surface area contributed by atoms with Gasteiger partial charge in [-0.1, -0.05) is 55.3 Å². The fraction of sp³-hybridized carbons (Fsp3) is 0.312. The van der Waals surface area contributed by atoms with E-state index in [0.29, 0.717) is 17.9 Å². The summed E-state index contributed by atoms with van der Waals surface area (Å²) in [5.41, 5.74) is 0.809. The summed E-state index contributed by atoms with van der Waals surface area (Å²) in [4.78, 5) is 37.7. The number of benzene rings is 3. The van der Waals surface area contributed by atoms with Gasteiger partial charge >= 0.3 is 11.8 Å². The number of nitrogens with zero attached hydrogens (tertiary/aromatic N) is 3. The van der Waals surface area contributed by atoms with Crippen LogP contribution in [0.3, 0.4) is 0 Å². The summed E-state index contributed by atoms with van der Waals surface area (Å²) >= 11 is 6.47. The maximum absolute atomic E-state index is 15.7. The molecule has 0 radical (unpaired) electrons. The van der Waals surface area contributed by atoms with Gasteiger partial charge in [0.1, 0.15) is 11.6 Å². The summed E-state index contributed by atoms with van der Waals surface area (Å²) in [6, 6.07) is 14.9. The van der Waals surface area contributed by atoms with E-state index in [1.54, 1.807) is 37.3 Å². The zero-order chi connectivity index (χ0) is 33.0. The maximum Gasteiger partial charge on any atom is 0.421 e. The molecule has 2 amide bonds. The van der Waals surface area contributed by atoms with Crippen LogP contribution in [0.25, 0.3) is 16.8 Å². The van der Waals surface area contributed by atoms with Gasteiger partial charge in [-0.05, 0) is 62.1 Å². The van der Waals surface area contributed by atoms with Crippen molar-refractivity contribution >= 4 is 39.3 Å². The molecule has 1 aliphatic carbocycles. The van der Waals surface area contributed by atoms with E-state index >= 15 is 4.39 Å². The molecule has 1 aliphatic rings. The molecule has 5 rings (SSSR count). The highest BCUT2D eigenvalue weighted by Gasteiger charge is 2.30. The minimum atomic E-state index is -4.33. The number of aromatic nitrogens is 3. The number of nitrogens with one attached hydrogen (secondary N) is 2. The Morgan fingerprint density at radius 2 is 1.85 bits per heavy atom. The normalized spacial score (nSPS) is 13.0. The zero-order valence-electron chi connectivity index (χ0n) is 25.3. The van der Waals surface area contributed by atoms with Crippen molar-refractivity contribution in [1.29, 1.82) is 0 Å². The van der Waals surface area contributed by atoms with E-state index in [0.717, 1.165) is 30.4 Å². The summed E-state index contributed by atoms with van der Waals surface area (Å²) < 4.78 is 50.6. The van der Waals surface area contributed by atoms with Gasteiger partial charge in [0, 0.05) is 29.2 Å². The molecule has 1 fully saturated rings. The van der Waals surface area contributed by atoms with E-state index in [1.165, 1.54) is 34.9 Å². The number of ether oxygens (including phenoxy) is 1. The van der Waals surface area contributed by atoms with Gasteiger partial charge in [-0.2, -0.15) is 4.68 Å². The highest BCUT2D eigenvalue weighted by atomic mass is 35.5. The van der Waals surface area contributed by atoms with Gasteiger partial charge in [0.2, 0.25) is 5.91 Å². The van der Waals surface area contributed by atoms with E-state index in [9.17, 15) is 22.8 Å². The van der Waals surface area contributed by atoms with Crippen LogP contribution in [0.5, 0.6) is 0 Å². The molecule has 3 aromatic carbocycles. The van der Waals surface area contributed by atoms with Crippen LogP contribution in [0, 0.1) is 11.7 Å². The predicted molar refractivity (Wildman–Crippen MR) is 171 cm³/mol. The molecule has 0 spiro atoms. The lowest BCUT2D eigenvalue weighted by molar-refractivity contribution is -0.117. The highest BCUT2D eigenvalue weighted by molar-refractivity contribution is 7.90.